The largest absolute Gasteiger partial charge is 0.516 e. The lowest BCUT2D eigenvalue weighted by molar-refractivity contribution is -0.0473. The summed E-state index contributed by atoms with van der Waals surface area (Å²) in [4.78, 5) is 11.8. The number of anilines is 1. The summed E-state index contributed by atoms with van der Waals surface area (Å²) < 4.78 is 67.0. The second-order valence-corrected chi connectivity index (χ2v) is 8.73. The van der Waals surface area contributed by atoms with Crippen molar-refractivity contribution in [2.24, 2.45) is 5.10 Å². The maximum absolute atomic E-state index is 12.8. The van der Waals surface area contributed by atoms with Crippen molar-refractivity contribution in [2.75, 3.05) is 18.1 Å². The van der Waals surface area contributed by atoms with Crippen LogP contribution in [0.3, 0.4) is 0 Å². The number of sulfonamides is 1. The molecule has 1 heterocycles. The Morgan fingerprint density at radius 1 is 1.06 bits per heavy atom. The van der Waals surface area contributed by atoms with Gasteiger partial charge in [-0.3, -0.25) is 5.01 Å². The standard InChI is InChI=1S/C20H21F3N4O4S/c1-15-25-26(11-12-27(15)32(29,30)20(21,22)23)18-9-7-16(8-10-18)13-24-19(28)31-14-17-5-3-2-4-6-17/h2-10H,11-14H2,1H3,(H,24,28). The van der Waals surface area contributed by atoms with Gasteiger partial charge in [-0.05, 0) is 30.2 Å². The molecule has 0 unspecified atom stereocenters. The number of amides is 1. The first-order valence-corrected chi connectivity index (χ1v) is 11.0. The molecule has 1 amide bonds. The van der Waals surface area contributed by atoms with Gasteiger partial charge in [0, 0.05) is 6.54 Å². The molecule has 1 aliphatic rings. The number of ether oxygens (including phenoxy) is 1. The molecule has 1 N–H and O–H groups in total. The molecule has 0 saturated carbocycles. The molecular weight excluding hydrogens is 449 g/mol. The van der Waals surface area contributed by atoms with Crippen molar-refractivity contribution < 1.29 is 31.1 Å². The van der Waals surface area contributed by atoms with E-state index in [0.717, 1.165) is 11.1 Å². The molecule has 32 heavy (non-hydrogen) atoms. The monoisotopic (exact) mass is 470 g/mol. The quantitative estimate of drug-likeness (QED) is 0.699. The van der Waals surface area contributed by atoms with Crippen LogP contribution in [0.1, 0.15) is 18.1 Å². The van der Waals surface area contributed by atoms with Gasteiger partial charge in [0.05, 0.1) is 18.8 Å². The Kier molecular flexibility index (Phi) is 6.92. The molecule has 3 rings (SSSR count). The average molecular weight is 470 g/mol. The average Bonchev–Trinajstić information content (AvgIpc) is 2.76. The molecule has 12 heteroatoms. The Labute approximate surface area is 183 Å². The van der Waals surface area contributed by atoms with Crippen molar-refractivity contribution in [3.8, 4) is 0 Å². The van der Waals surface area contributed by atoms with Crippen molar-refractivity contribution in [3.05, 3.63) is 65.7 Å². The number of nitrogens with zero attached hydrogens (tertiary/aromatic N) is 3. The van der Waals surface area contributed by atoms with Gasteiger partial charge in [0.25, 0.3) is 0 Å². The number of rotatable bonds is 6. The summed E-state index contributed by atoms with van der Waals surface area (Å²) in [7, 11) is -5.48. The topological polar surface area (TPSA) is 91.3 Å². The first kappa shape index (κ1) is 23.4. The third-order valence-corrected chi connectivity index (χ3v) is 6.22. The van der Waals surface area contributed by atoms with Gasteiger partial charge in [-0.15, -0.1) is 0 Å². The van der Waals surface area contributed by atoms with E-state index in [1.54, 1.807) is 24.3 Å². The van der Waals surface area contributed by atoms with E-state index in [1.165, 1.54) is 11.9 Å². The van der Waals surface area contributed by atoms with Crippen LogP contribution >= 0.6 is 0 Å². The first-order chi connectivity index (χ1) is 15.1. The summed E-state index contributed by atoms with van der Waals surface area (Å²) in [6.45, 7) is 1.14. The number of hydrazone groups is 1. The van der Waals surface area contributed by atoms with Crippen molar-refractivity contribution in [2.45, 2.75) is 25.6 Å². The second kappa shape index (κ2) is 9.47. The van der Waals surface area contributed by atoms with Gasteiger partial charge in [-0.25, -0.2) is 9.10 Å². The van der Waals surface area contributed by atoms with E-state index in [2.05, 4.69) is 10.4 Å². The molecular formula is C20H21F3N4O4S. The SMILES string of the molecule is CC1=NN(c2ccc(CNC(=O)OCc3ccccc3)cc2)CCN1S(=O)(=O)C(F)(F)F. The van der Waals surface area contributed by atoms with E-state index in [9.17, 15) is 26.4 Å². The Balaban J connectivity index is 1.55. The van der Waals surface area contributed by atoms with E-state index in [-0.39, 0.29) is 36.4 Å². The maximum atomic E-state index is 12.8. The van der Waals surface area contributed by atoms with Gasteiger partial charge >= 0.3 is 21.6 Å². The summed E-state index contributed by atoms with van der Waals surface area (Å²) in [6, 6.07) is 16.0. The second-order valence-electron chi connectivity index (χ2n) is 6.88. The molecule has 0 bridgehead atoms. The zero-order valence-corrected chi connectivity index (χ0v) is 17.9. The van der Waals surface area contributed by atoms with Crippen molar-refractivity contribution >= 4 is 27.6 Å². The van der Waals surface area contributed by atoms with Gasteiger partial charge in [-0.2, -0.15) is 26.7 Å². The Morgan fingerprint density at radius 3 is 2.31 bits per heavy atom. The van der Waals surface area contributed by atoms with Gasteiger partial charge < -0.3 is 10.1 Å². The van der Waals surface area contributed by atoms with Crippen LogP contribution in [-0.4, -0.2) is 43.2 Å². The number of carbonyl (C=O) groups excluding carboxylic acids is 1. The summed E-state index contributed by atoms with van der Waals surface area (Å²) in [5.41, 5.74) is -3.18. The van der Waals surface area contributed by atoms with Crippen LogP contribution in [-0.2, 0) is 27.9 Å². The highest BCUT2D eigenvalue weighted by atomic mass is 32.2. The molecule has 0 spiro atoms. The van der Waals surface area contributed by atoms with E-state index in [4.69, 9.17) is 4.74 Å². The number of benzene rings is 2. The minimum atomic E-state index is -5.48. The Hall–Kier alpha value is -3.28. The van der Waals surface area contributed by atoms with Crippen LogP contribution in [0.4, 0.5) is 23.7 Å². The Morgan fingerprint density at radius 2 is 1.72 bits per heavy atom. The fourth-order valence-corrected chi connectivity index (χ4v) is 3.92. The smallest absolute Gasteiger partial charge is 0.445 e. The third kappa shape index (κ3) is 5.49. The first-order valence-electron chi connectivity index (χ1n) is 9.53. The minimum Gasteiger partial charge on any atom is -0.445 e. The molecule has 0 aliphatic carbocycles. The van der Waals surface area contributed by atoms with E-state index in [0.29, 0.717) is 5.69 Å². The molecule has 0 saturated heterocycles. The fourth-order valence-electron chi connectivity index (χ4n) is 2.96. The molecule has 8 nitrogen and oxygen atoms in total. The summed E-state index contributed by atoms with van der Waals surface area (Å²) >= 11 is 0. The number of hydrogen-bond acceptors (Lipinski definition) is 6. The lowest BCUT2D eigenvalue weighted by Crippen LogP contribution is -2.50. The zero-order valence-electron chi connectivity index (χ0n) is 17.0. The fraction of sp³-hybridized carbons (Fsp3) is 0.300. The van der Waals surface area contributed by atoms with Crippen LogP contribution in [0.15, 0.2) is 59.7 Å². The predicted molar refractivity (Wildman–Crippen MR) is 112 cm³/mol. The molecule has 2 aromatic rings. The van der Waals surface area contributed by atoms with Gasteiger partial charge in [0.2, 0.25) is 0 Å². The number of carbonyl (C=O) groups is 1. The molecule has 0 fully saturated rings. The van der Waals surface area contributed by atoms with Crippen LogP contribution in [0, 0.1) is 0 Å². The molecule has 172 valence electrons. The maximum Gasteiger partial charge on any atom is 0.516 e. The lowest BCUT2D eigenvalue weighted by Gasteiger charge is -2.33. The number of halogens is 3. The van der Waals surface area contributed by atoms with Crippen molar-refractivity contribution in [3.63, 3.8) is 0 Å². The zero-order chi connectivity index (χ0) is 23.4. The molecule has 0 aromatic heterocycles. The molecule has 0 radical (unpaired) electrons. The Bertz CT molecular complexity index is 1070. The van der Waals surface area contributed by atoms with Crippen molar-refractivity contribution in [1.82, 2.24) is 9.62 Å². The summed E-state index contributed by atoms with van der Waals surface area (Å²) in [6.07, 6.45) is -0.569. The number of nitrogens with one attached hydrogen (secondary N) is 1. The highest BCUT2D eigenvalue weighted by Crippen LogP contribution is 2.29. The number of amidine groups is 1. The van der Waals surface area contributed by atoms with Gasteiger partial charge in [0.15, 0.2) is 0 Å². The number of hydrogen-bond donors (Lipinski definition) is 1. The van der Waals surface area contributed by atoms with Gasteiger partial charge in [-0.1, -0.05) is 42.5 Å². The van der Waals surface area contributed by atoms with E-state index < -0.39 is 21.6 Å². The summed E-state index contributed by atoms with van der Waals surface area (Å²) in [5.74, 6) is -0.277. The third-order valence-electron chi connectivity index (χ3n) is 4.61. The van der Waals surface area contributed by atoms with Crippen molar-refractivity contribution in [1.29, 1.82) is 0 Å². The summed E-state index contributed by atoms with van der Waals surface area (Å²) in [5, 5.41) is 8.03. The minimum absolute atomic E-state index is 0.0456. The van der Waals surface area contributed by atoms with Crippen LogP contribution in [0.25, 0.3) is 0 Å². The van der Waals surface area contributed by atoms with Crippen LogP contribution < -0.4 is 10.3 Å². The van der Waals surface area contributed by atoms with E-state index >= 15 is 0 Å². The molecule has 2 aromatic carbocycles. The molecule has 0 atom stereocenters. The highest BCUT2D eigenvalue weighted by molar-refractivity contribution is 7.90. The normalized spacial score (nSPS) is 14.7. The van der Waals surface area contributed by atoms with Gasteiger partial charge in [0.1, 0.15) is 12.4 Å². The van der Waals surface area contributed by atoms with Crippen LogP contribution in [0.2, 0.25) is 0 Å². The number of alkyl carbamates (subject to hydrolysis) is 1. The predicted octanol–water partition coefficient (Wildman–Crippen LogP) is 3.42. The lowest BCUT2D eigenvalue weighted by atomic mass is 10.2. The number of alkyl halides is 3. The van der Waals surface area contributed by atoms with E-state index in [1.807, 2.05) is 30.3 Å². The van der Waals surface area contributed by atoms with Crippen LogP contribution in [0.5, 0.6) is 0 Å². The highest BCUT2D eigenvalue weighted by Gasteiger charge is 2.51. The molecule has 1 aliphatic heterocycles.